The van der Waals surface area contributed by atoms with Crippen LogP contribution in [0.2, 0.25) is 0 Å². The molecule has 0 atom stereocenters. The molecule has 9 nitrogen and oxygen atoms in total. The van der Waals surface area contributed by atoms with Gasteiger partial charge < -0.3 is 29.8 Å². The van der Waals surface area contributed by atoms with Crippen molar-refractivity contribution in [3.05, 3.63) is 23.8 Å². The number of phenolic OH excluding ortho intramolecular Hbond substituents is 2. The van der Waals surface area contributed by atoms with Crippen molar-refractivity contribution in [1.82, 2.24) is 5.32 Å². The van der Waals surface area contributed by atoms with Gasteiger partial charge in [0.15, 0.2) is 11.5 Å². The van der Waals surface area contributed by atoms with Crippen LogP contribution in [0.1, 0.15) is 5.56 Å². The van der Waals surface area contributed by atoms with Crippen molar-refractivity contribution in [2.24, 2.45) is 0 Å². The molecule has 108 valence electrons. The van der Waals surface area contributed by atoms with Crippen LogP contribution in [0.25, 0.3) is 0 Å². The second-order valence-electron chi connectivity index (χ2n) is 3.76. The molecular weight excluding hydrogens is 300 g/mol. The largest absolute Gasteiger partial charge is 0.504 e. The first kappa shape index (κ1) is 16.1. The van der Waals surface area contributed by atoms with Crippen molar-refractivity contribution in [2.45, 2.75) is 12.1 Å². The van der Waals surface area contributed by atoms with Crippen LogP contribution in [0.3, 0.4) is 0 Å². The van der Waals surface area contributed by atoms with Gasteiger partial charge >= 0.3 is 15.2 Å². The van der Waals surface area contributed by atoms with Gasteiger partial charge in [-0.2, -0.15) is 0 Å². The Balaban J connectivity index is 2.86. The molecule has 7 N–H and O–H groups in total. The quantitative estimate of drug-likeness (QED) is 0.288. The molecule has 0 aliphatic heterocycles. The normalized spacial score (nSPS) is 12.9. The summed E-state index contributed by atoms with van der Waals surface area (Å²) in [7, 11) is -10.1. The third-order valence-electron chi connectivity index (χ3n) is 2.17. The smallest absolute Gasteiger partial charge is 0.354 e. The first-order chi connectivity index (χ1) is 8.51. The Hall–Kier alpha value is -0.920. The summed E-state index contributed by atoms with van der Waals surface area (Å²) in [5.41, 5.74) is -2.04. The molecule has 0 radical (unpaired) electrons. The minimum Gasteiger partial charge on any atom is -0.504 e. The van der Waals surface area contributed by atoms with Gasteiger partial charge in [-0.25, -0.2) is 0 Å². The lowest BCUT2D eigenvalue weighted by atomic mass is 10.2. The molecule has 19 heavy (non-hydrogen) atoms. The van der Waals surface area contributed by atoms with E-state index in [1.807, 2.05) is 5.32 Å². The van der Waals surface area contributed by atoms with Crippen LogP contribution in [0.15, 0.2) is 18.2 Å². The minimum absolute atomic E-state index is 0.280. The molecule has 11 heteroatoms. The molecule has 0 spiro atoms. The maximum absolute atomic E-state index is 11.0. The Morgan fingerprint density at radius 3 is 1.95 bits per heavy atom. The average molecular weight is 313 g/mol. The van der Waals surface area contributed by atoms with E-state index in [0.29, 0.717) is 0 Å². The third-order valence-corrected chi connectivity index (χ3v) is 5.61. The zero-order chi connectivity index (χ0) is 14.8. The summed E-state index contributed by atoms with van der Waals surface area (Å²) in [5, 5.41) is 20.3. The van der Waals surface area contributed by atoms with Crippen LogP contribution in [0, 0.1) is 0 Å². The van der Waals surface area contributed by atoms with E-state index in [-0.39, 0.29) is 17.9 Å². The van der Waals surface area contributed by atoms with Gasteiger partial charge in [0.1, 0.15) is 0 Å². The molecule has 1 rings (SSSR count). The Morgan fingerprint density at radius 1 is 1.00 bits per heavy atom. The molecule has 0 unspecified atom stereocenters. The Morgan fingerprint density at radius 2 is 1.53 bits per heavy atom. The van der Waals surface area contributed by atoms with E-state index >= 15 is 0 Å². The van der Waals surface area contributed by atoms with E-state index < -0.39 is 26.5 Å². The molecule has 0 saturated heterocycles. The van der Waals surface area contributed by atoms with Gasteiger partial charge in [-0.3, -0.25) is 14.4 Å². The first-order valence-corrected chi connectivity index (χ1v) is 8.23. The Bertz CT molecular complexity index is 528. The van der Waals surface area contributed by atoms with E-state index in [0.717, 1.165) is 12.1 Å². The average Bonchev–Trinajstić information content (AvgIpc) is 2.19. The van der Waals surface area contributed by atoms with Crippen molar-refractivity contribution in [2.75, 3.05) is 0 Å². The summed E-state index contributed by atoms with van der Waals surface area (Å²) in [6.07, 6.45) is 0. The SMILES string of the molecule is O=P(O)(O)C(NCc1ccc(O)c(O)c1)P(=O)(O)O. The van der Waals surface area contributed by atoms with Crippen LogP contribution in [-0.2, 0) is 15.7 Å². The Kier molecular flexibility index (Phi) is 4.76. The number of aromatic hydroxyl groups is 2. The lowest BCUT2D eigenvalue weighted by molar-refractivity contribution is 0.327. The number of benzene rings is 1. The fourth-order valence-electron chi connectivity index (χ4n) is 1.32. The highest BCUT2D eigenvalue weighted by Crippen LogP contribution is 2.58. The molecule has 0 amide bonds. The predicted octanol–water partition coefficient (Wildman–Crippen LogP) is -0.174. The van der Waals surface area contributed by atoms with Crippen LogP contribution in [-0.4, -0.2) is 35.3 Å². The molecule has 0 aromatic heterocycles. The highest BCUT2D eigenvalue weighted by molar-refractivity contribution is 7.70. The van der Waals surface area contributed by atoms with E-state index in [1.54, 1.807) is 0 Å². The maximum Gasteiger partial charge on any atom is 0.354 e. The molecule has 1 aromatic carbocycles. The van der Waals surface area contributed by atoms with Gasteiger partial charge in [-0.15, -0.1) is 0 Å². The zero-order valence-corrected chi connectivity index (χ0v) is 11.2. The molecule has 0 aliphatic carbocycles. The summed E-state index contributed by atoms with van der Waals surface area (Å²) in [4.78, 5) is 35.4. The fourth-order valence-corrected chi connectivity index (χ4v) is 3.55. The highest BCUT2D eigenvalue weighted by Gasteiger charge is 2.42. The minimum atomic E-state index is -5.04. The van der Waals surface area contributed by atoms with E-state index in [4.69, 9.17) is 24.7 Å². The molecule has 0 bridgehead atoms. The first-order valence-electron chi connectivity index (χ1n) is 4.86. The monoisotopic (exact) mass is 313 g/mol. The summed E-state index contributed by atoms with van der Waals surface area (Å²) in [5.74, 6) is -0.839. The van der Waals surface area contributed by atoms with Crippen molar-refractivity contribution >= 4 is 15.2 Å². The van der Waals surface area contributed by atoms with E-state index in [9.17, 15) is 14.2 Å². The van der Waals surface area contributed by atoms with Crippen molar-refractivity contribution in [1.29, 1.82) is 0 Å². The fraction of sp³-hybridized carbons (Fsp3) is 0.250. The second-order valence-corrected chi connectivity index (χ2v) is 7.55. The molecule has 0 heterocycles. The topological polar surface area (TPSA) is 168 Å². The molecular formula is C8H13NO8P2. The van der Waals surface area contributed by atoms with Gasteiger partial charge in [0.2, 0.25) is 5.52 Å². The molecule has 0 saturated carbocycles. The second kappa shape index (κ2) is 5.60. The van der Waals surface area contributed by atoms with Crippen molar-refractivity contribution in [3.63, 3.8) is 0 Å². The summed E-state index contributed by atoms with van der Waals surface area (Å²) in [6, 6.07) is 3.55. The lowest BCUT2D eigenvalue weighted by Crippen LogP contribution is -2.28. The van der Waals surface area contributed by atoms with E-state index in [1.165, 1.54) is 6.07 Å². The standard InChI is InChI=1S/C8H13NO8P2/c10-6-2-1-5(3-7(6)11)4-9-8(18(12,13)14)19(15,16)17/h1-3,8-11H,4H2,(H2,12,13,14)(H2,15,16,17). The van der Waals surface area contributed by atoms with Crippen LogP contribution in [0.5, 0.6) is 11.5 Å². The predicted molar refractivity (Wildman–Crippen MR) is 64.5 cm³/mol. The lowest BCUT2D eigenvalue weighted by Gasteiger charge is -2.20. The summed E-state index contributed by atoms with van der Waals surface area (Å²) < 4.78 is 21.9. The number of hydrogen-bond donors (Lipinski definition) is 7. The van der Waals surface area contributed by atoms with Gasteiger partial charge in [0, 0.05) is 6.54 Å². The van der Waals surface area contributed by atoms with Gasteiger partial charge in [0.25, 0.3) is 0 Å². The highest BCUT2D eigenvalue weighted by atomic mass is 31.2. The molecule has 0 aliphatic rings. The van der Waals surface area contributed by atoms with Crippen molar-refractivity contribution < 1.29 is 38.9 Å². The van der Waals surface area contributed by atoms with Crippen LogP contribution < -0.4 is 5.32 Å². The van der Waals surface area contributed by atoms with Crippen LogP contribution in [0.4, 0.5) is 0 Å². The molecule has 1 aromatic rings. The van der Waals surface area contributed by atoms with Crippen molar-refractivity contribution in [3.8, 4) is 11.5 Å². The van der Waals surface area contributed by atoms with E-state index in [2.05, 4.69) is 0 Å². The number of hydrogen-bond acceptors (Lipinski definition) is 5. The summed E-state index contributed by atoms with van der Waals surface area (Å²) >= 11 is 0. The number of nitrogens with one attached hydrogen (secondary N) is 1. The van der Waals surface area contributed by atoms with Crippen LogP contribution >= 0.6 is 15.2 Å². The molecule has 0 fully saturated rings. The Labute approximate surface area is 107 Å². The van der Waals surface area contributed by atoms with Gasteiger partial charge in [0.05, 0.1) is 0 Å². The third kappa shape index (κ3) is 4.59. The number of phenols is 2. The maximum atomic E-state index is 11.0. The summed E-state index contributed by atoms with van der Waals surface area (Å²) in [6.45, 7) is -0.311. The van der Waals surface area contributed by atoms with Gasteiger partial charge in [-0.05, 0) is 17.7 Å². The zero-order valence-electron chi connectivity index (χ0n) is 9.41. The van der Waals surface area contributed by atoms with Gasteiger partial charge in [-0.1, -0.05) is 6.07 Å². The number of rotatable bonds is 5.